The van der Waals surface area contributed by atoms with Crippen LogP contribution in [-0.4, -0.2) is 25.8 Å². The minimum atomic E-state index is 0.673. The highest BCUT2D eigenvalue weighted by atomic mass is 16.5. The molecule has 13 heavy (non-hydrogen) atoms. The largest absolute Gasteiger partial charge is 0.382 e. The first kappa shape index (κ1) is 12.9. The van der Waals surface area contributed by atoms with Crippen LogP contribution in [0.3, 0.4) is 0 Å². The van der Waals surface area contributed by atoms with Gasteiger partial charge in [0.05, 0.1) is 0 Å². The number of rotatable bonds is 9. The van der Waals surface area contributed by atoms with Gasteiger partial charge >= 0.3 is 0 Å². The molecule has 0 unspecified atom stereocenters. The fourth-order valence-corrected chi connectivity index (χ4v) is 1.14. The molecule has 0 amide bonds. The Morgan fingerprint density at radius 2 is 1.92 bits per heavy atom. The first-order valence-electron chi connectivity index (χ1n) is 5.62. The van der Waals surface area contributed by atoms with Gasteiger partial charge in [-0.1, -0.05) is 6.92 Å². The highest BCUT2D eigenvalue weighted by molar-refractivity contribution is 4.56. The molecule has 0 saturated heterocycles. The molecule has 2 nitrogen and oxygen atoms in total. The van der Waals surface area contributed by atoms with Gasteiger partial charge in [0.1, 0.15) is 0 Å². The van der Waals surface area contributed by atoms with E-state index in [9.17, 15) is 0 Å². The number of nitrogens with one attached hydrogen (secondary N) is 1. The van der Waals surface area contributed by atoms with Crippen molar-refractivity contribution in [3.63, 3.8) is 0 Å². The summed E-state index contributed by atoms with van der Waals surface area (Å²) >= 11 is 0. The molecular weight excluding hydrogens is 162 g/mol. The van der Waals surface area contributed by atoms with Gasteiger partial charge in [-0.05, 0) is 46.1 Å². The summed E-state index contributed by atoms with van der Waals surface area (Å²) in [6.45, 7) is 9.43. The lowest BCUT2D eigenvalue weighted by atomic mass is 10.2. The predicted octanol–water partition coefficient (Wildman–Crippen LogP) is 2.58. The van der Waals surface area contributed by atoms with E-state index in [1.165, 1.54) is 25.7 Å². The van der Waals surface area contributed by atoms with Crippen molar-refractivity contribution in [2.45, 2.75) is 52.5 Å². The van der Waals surface area contributed by atoms with Crippen LogP contribution in [0, 0.1) is 0 Å². The smallest absolute Gasteiger partial charge is 0.0465 e. The summed E-state index contributed by atoms with van der Waals surface area (Å²) in [6.07, 6.45) is 4.98. The summed E-state index contributed by atoms with van der Waals surface area (Å²) in [5, 5.41) is 3.48. The summed E-state index contributed by atoms with van der Waals surface area (Å²) in [7, 11) is 0. The van der Waals surface area contributed by atoms with Crippen molar-refractivity contribution in [1.82, 2.24) is 5.32 Å². The van der Waals surface area contributed by atoms with E-state index in [0.717, 1.165) is 19.8 Å². The van der Waals surface area contributed by atoms with Gasteiger partial charge in [-0.25, -0.2) is 0 Å². The third-order valence-corrected chi connectivity index (χ3v) is 2.27. The Kier molecular flexibility index (Phi) is 9.94. The van der Waals surface area contributed by atoms with E-state index in [2.05, 4.69) is 19.2 Å². The zero-order valence-electron chi connectivity index (χ0n) is 9.44. The van der Waals surface area contributed by atoms with E-state index in [-0.39, 0.29) is 0 Å². The Bertz CT molecular complexity index is 96.1. The zero-order chi connectivity index (χ0) is 9.94. The first-order chi connectivity index (χ1) is 6.31. The molecule has 0 aliphatic heterocycles. The van der Waals surface area contributed by atoms with Crippen molar-refractivity contribution in [2.24, 2.45) is 0 Å². The Balaban J connectivity index is 2.91. The monoisotopic (exact) mass is 187 g/mol. The average molecular weight is 187 g/mol. The maximum atomic E-state index is 5.26. The summed E-state index contributed by atoms with van der Waals surface area (Å²) < 4.78 is 5.26. The van der Waals surface area contributed by atoms with Crippen LogP contribution in [0.4, 0.5) is 0 Å². The standard InChI is InChI=1S/C11H25NO/c1-4-11(3)12-9-7-6-8-10-13-5-2/h11-12H,4-10H2,1-3H3/t11-/m0/s1. The topological polar surface area (TPSA) is 21.3 Å². The first-order valence-corrected chi connectivity index (χ1v) is 5.62. The molecule has 0 aromatic rings. The van der Waals surface area contributed by atoms with Crippen LogP contribution in [0.1, 0.15) is 46.5 Å². The molecule has 1 N–H and O–H groups in total. The molecule has 2 heteroatoms. The number of unbranched alkanes of at least 4 members (excludes halogenated alkanes) is 2. The fourth-order valence-electron chi connectivity index (χ4n) is 1.14. The maximum absolute atomic E-state index is 5.26. The zero-order valence-corrected chi connectivity index (χ0v) is 9.44. The van der Waals surface area contributed by atoms with Gasteiger partial charge in [0, 0.05) is 19.3 Å². The van der Waals surface area contributed by atoms with Crippen molar-refractivity contribution in [3.05, 3.63) is 0 Å². The van der Waals surface area contributed by atoms with Gasteiger partial charge in [-0.15, -0.1) is 0 Å². The van der Waals surface area contributed by atoms with Gasteiger partial charge in [0.15, 0.2) is 0 Å². The van der Waals surface area contributed by atoms with E-state index < -0.39 is 0 Å². The Hall–Kier alpha value is -0.0800. The van der Waals surface area contributed by atoms with Gasteiger partial charge < -0.3 is 10.1 Å². The molecule has 0 aromatic carbocycles. The Labute approximate surface area is 83.1 Å². The highest BCUT2D eigenvalue weighted by Crippen LogP contribution is 1.96. The molecule has 0 aromatic heterocycles. The van der Waals surface area contributed by atoms with Crippen molar-refractivity contribution in [2.75, 3.05) is 19.8 Å². The van der Waals surface area contributed by atoms with E-state index in [1.807, 2.05) is 6.92 Å². The summed E-state index contributed by atoms with van der Waals surface area (Å²) in [5.74, 6) is 0. The van der Waals surface area contributed by atoms with Crippen LogP contribution >= 0.6 is 0 Å². The second-order valence-electron chi connectivity index (χ2n) is 3.52. The fraction of sp³-hybridized carbons (Fsp3) is 1.00. The van der Waals surface area contributed by atoms with E-state index in [4.69, 9.17) is 4.74 Å². The van der Waals surface area contributed by atoms with E-state index >= 15 is 0 Å². The maximum Gasteiger partial charge on any atom is 0.0465 e. The molecule has 0 aliphatic rings. The molecule has 0 spiro atoms. The third-order valence-electron chi connectivity index (χ3n) is 2.27. The molecule has 1 atom stereocenters. The quantitative estimate of drug-likeness (QED) is 0.560. The normalized spacial score (nSPS) is 13.2. The molecule has 0 bridgehead atoms. The Morgan fingerprint density at radius 3 is 2.54 bits per heavy atom. The highest BCUT2D eigenvalue weighted by Gasteiger charge is 1.95. The molecule has 80 valence electrons. The van der Waals surface area contributed by atoms with Crippen molar-refractivity contribution >= 4 is 0 Å². The lowest BCUT2D eigenvalue weighted by Crippen LogP contribution is -2.26. The van der Waals surface area contributed by atoms with Crippen LogP contribution < -0.4 is 5.32 Å². The van der Waals surface area contributed by atoms with Crippen LogP contribution in [0.25, 0.3) is 0 Å². The average Bonchev–Trinajstić information content (AvgIpc) is 2.16. The number of ether oxygens (including phenoxy) is 1. The van der Waals surface area contributed by atoms with Crippen LogP contribution in [0.15, 0.2) is 0 Å². The molecule has 0 aliphatic carbocycles. The van der Waals surface area contributed by atoms with Crippen LogP contribution in [0.5, 0.6) is 0 Å². The van der Waals surface area contributed by atoms with Gasteiger partial charge in [0.2, 0.25) is 0 Å². The predicted molar refractivity (Wildman–Crippen MR) is 58.1 cm³/mol. The molecular formula is C11H25NO. The Morgan fingerprint density at radius 1 is 1.15 bits per heavy atom. The molecule has 0 heterocycles. The molecule has 0 saturated carbocycles. The number of hydrogen-bond donors (Lipinski definition) is 1. The van der Waals surface area contributed by atoms with E-state index in [1.54, 1.807) is 0 Å². The minimum absolute atomic E-state index is 0.673. The van der Waals surface area contributed by atoms with Crippen molar-refractivity contribution in [3.8, 4) is 0 Å². The van der Waals surface area contributed by atoms with Crippen LogP contribution in [-0.2, 0) is 4.74 Å². The number of hydrogen-bond acceptors (Lipinski definition) is 2. The van der Waals surface area contributed by atoms with Gasteiger partial charge in [-0.3, -0.25) is 0 Å². The van der Waals surface area contributed by atoms with Crippen molar-refractivity contribution in [1.29, 1.82) is 0 Å². The van der Waals surface area contributed by atoms with Crippen molar-refractivity contribution < 1.29 is 4.74 Å². The van der Waals surface area contributed by atoms with Gasteiger partial charge in [-0.2, -0.15) is 0 Å². The lowest BCUT2D eigenvalue weighted by molar-refractivity contribution is 0.143. The second-order valence-corrected chi connectivity index (χ2v) is 3.52. The minimum Gasteiger partial charge on any atom is -0.382 e. The summed E-state index contributed by atoms with van der Waals surface area (Å²) in [6, 6.07) is 0.673. The van der Waals surface area contributed by atoms with Crippen LogP contribution in [0.2, 0.25) is 0 Å². The molecule has 0 radical (unpaired) electrons. The van der Waals surface area contributed by atoms with E-state index in [0.29, 0.717) is 6.04 Å². The summed E-state index contributed by atoms with van der Waals surface area (Å²) in [4.78, 5) is 0. The second kappa shape index (κ2) is 10.0. The molecule has 0 rings (SSSR count). The lowest BCUT2D eigenvalue weighted by Gasteiger charge is -2.10. The molecule has 0 fully saturated rings. The summed E-state index contributed by atoms with van der Waals surface area (Å²) in [5.41, 5.74) is 0. The SMILES string of the molecule is CCOCCCCCN[C@@H](C)CC. The third kappa shape index (κ3) is 9.84. The van der Waals surface area contributed by atoms with Gasteiger partial charge in [0.25, 0.3) is 0 Å².